The van der Waals surface area contributed by atoms with Crippen molar-refractivity contribution in [3.8, 4) is 11.3 Å². The lowest BCUT2D eigenvalue weighted by Gasteiger charge is -1.96. The molecule has 6 heteroatoms. The summed E-state index contributed by atoms with van der Waals surface area (Å²) in [5.41, 5.74) is 1.86. The molecule has 2 aromatic heterocycles. The van der Waals surface area contributed by atoms with Crippen LogP contribution in [0.5, 0.6) is 0 Å². The zero-order valence-electron chi connectivity index (χ0n) is 11.5. The molecule has 0 saturated carbocycles. The molecule has 1 aromatic carbocycles. The number of hydrogen-bond acceptors (Lipinski definition) is 5. The predicted molar refractivity (Wildman–Crippen MR) is 76.5 cm³/mol. The summed E-state index contributed by atoms with van der Waals surface area (Å²) >= 11 is 0. The molecule has 3 rings (SSSR count). The van der Waals surface area contributed by atoms with Gasteiger partial charge in [-0.3, -0.25) is 0 Å². The van der Waals surface area contributed by atoms with Gasteiger partial charge in [0.25, 0.3) is 0 Å². The third kappa shape index (κ3) is 3.35. The molecule has 3 aromatic rings. The molecule has 6 nitrogen and oxygen atoms in total. The van der Waals surface area contributed by atoms with Crippen LogP contribution in [0, 0.1) is 0 Å². The quantitative estimate of drug-likeness (QED) is 0.748. The Morgan fingerprint density at radius 1 is 1.19 bits per heavy atom. The average molecular weight is 284 g/mol. The summed E-state index contributed by atoms with van der Waals surface area (Å²) in [6.45, 7) is 0.603. The van der Waals surface area contributed by atoms with E-state index in [1.807, 2.05) is 36.5 Å². The van der Waals surface area contributed by atoms with E-state index in [9.17, 15) is 0 Å². The van der Waals surface area contributed by atoms with E-state index in [1.165, 1.54) is 0 Å². The molecule has 0 aliphatic heterocycles. The Balaban J connectivity index is 1.68. The van der Waals surface area contributed by atoms with Gasteiger partial charge in [0.15, 0.2) is 5.76 Å². The molecule has 0 spiro atoms. The number of nitrogens with zero attached hydrogens (tertiary/aromatic N) is 4. The zero-order valence-corrected chi connectivity index (χ0v) is 11.5. The molecule has 21 heavy (non-hydrogen) atoms. The van der Waals surface area contributed by atoms with E-state index in [1.54, 1.807) is 10.9 Å². The van der Waals surface area contributed by atoms with Crippen LogP contribution < -0.4 is 0 Å². The maximum Gasteiger partial charge on any atom is 0.216 e. The van der Waals surface area contributed by atoms with E-state index in [0.717, 1.165) is 23.4 Å². The highest BCUT2D eigenvalue weighted by Gasteiger charge is 2.08. The summed E-state index contributed by atoms with van der Waals surface area (Å²) in [6, 6.07) is 9.84. The molecule has 0 amide bonds. The predicted octanol–water partition coefficient (Wildman–Crippen LogP) is 1.91. The molecule has 0 aliphatic rings. The van der Waals surface area contributed by atoms with Crippen LogP contribution in [0.4, 0.5) is 0 Å². The van der Waals surface area contributed by atoms with Gasteiger partial charge in [-0.15, -0.1) is 5.10 Å². The number of aliphatic hydroxyl groups is 1. The van der Waals surface area contributed by atoms with Crippen molar-refractivity contribution in [3.63, 3.8) is 0 Å². The number of hydrogen-bond donors (Lipinski definition) is 1. The Morgan fingerprint density at radius 2 is 2.05 bits per heavy atom. The first-order valence-electron chi connectivity index (χ1n) is 6.85. The first-order chi connectivity index (χ1) is 10.3. The van der Waals surface area contributed by atoms with Crippen molar-refractivity contribution in [1.29, 1.82) is 0 Å². The third-order valence-electron chi connectivity index (χ3n) is 3.09. The molecular formula is C15H16N4O2. The fraction of sp³-hybridized carbons (Fsp3) is 0.267. The van der Waals surface area contributed by atoms with Gasteiger partial charge in [0.2, 0.25) is 5.89 Å². The minimum atomic E-state index is 0.160. The SMILES string of the molecule is OCCCc1cn(Cc2ncc(-c3ccccc3)o2)nn1. The van der Waals surface area contributed by atoms with Crippen molar-refractivity contribution < 1.29 is 9.52 Å². The van der Waals surface area contributed by atoms with Gasteiger partial charge in [0.05, 0.1) is 11.9 Å². The first kappa shape index (κ1) is 13.5. The van der Waals surface area contributed by atoms with Gasteiger partial charge in [-0.1, -0.05) is 35.5 Å². The molecule has 0 bridgehead atoms. The molecule has 0 aliphatic carbocycles. The fourth-order valence-corrected chi connectivity index (χ4v) is 2.05. The van der Waals surface area contributed by atoms with E-state index in [0.29, 0.717) is 18.9 Å². The Bertz CT molecular complexity index is 691. The Morgan fingerprint density at radius 3 is 2.86 bits per heavy atom. The second kappa shape index (κ2) is 6.32. The van der Waals surface area contributed by atoms with Crippen LogP contribution in [0.1, 0.15) is 18.0 Å². The molecule has 0 unspecified atom stereocenters. The van der Waals surface area contributed by atoms with Crippen LogP contribution in [-0.4, -0.2) is 31.7 Å². The maximum atomic E-state index is 8.80. The first-order valence-corrected chi connectivity index (χ1v) is 6.85. The third-order valence-corrected chi connectivity index (χ3v) is 3.09. The van der Waals surface area contributed by atoms with E-state index in [4.69, 9.17) is 9.52 Å². The second-order valence-corrected chi connectivity index (χ2v) is 4.72. The fourth-order valence-electron chi connectivity index (χ4n) is 2.05. The van der Waals surface area contributed by atoms with Crippen molar-refractivity contribution >= 4 is 0 Å². The van der Waals surface area contributed by atoms with Crippen molar-refractivity contribution in [2.24, 2.45) is 0 Å². The Labute approximate surface area is 122 Å². The Kier molecular flexibility index (Phi) is 4.07. The van der Waals surface area contributed by atoms with Crippen molar-refractivity contribution in [3.05, 3.63) is 54.3 Å². The standard InChI is InChI=1S/C15H16N4O2/c20-8-4-7-13-10-19(18-17-13)11-15-16-9-14(21-15)12-5-2-1-3-6-12/h1-3,5-6,9-10,20H,4,7-8,11H2. The lowest BCUT2D eigenvalue weighted by molar-refractivity contribution is 0.288. The summed E-state index contributed by atoms with van der Waals surface area (Å²) in [5.74, 6) is 1.33. The number of aryl methyl sites for hydroxylation is 1. The van der Waals surface area contributed by atoms with Crippen LogP contribution in [0.15, 0.2) is 47.1 Å². The summed E-state index contributed by atoms with van der Waals surface area (Å²) in [5, 5.41) is 16.9. The molecule has 0 fully saturated rings. The normalized spacial score (nSPS) is 10.9. The van der Waals surface area contributed by atoms with E-state index in [-0.39, 0.29) is 6.61 Å². The van der Waals surface area contributed by atoms with Gasteiger partial charge in [0.1, 0.15) is 6.54 Å². The van der Waals surface area contributed by atoms with Gasteiger partial charge in [0, 0.05) is 18.4 Å². The number of benzene rings is 1. The zero-order chi connectivity index (χ0) is 14.5. The summed E-state index contributed by atoms with van der Waals surface area (Å²) < 4.78 is 7.41. The topological polar surface area (TPSA) is 77.0 Å². The molecule has 1 N–H and O–H groups in total. The molecular weight excluding hydrogens is 268 g/mol. The van der Waals surface area contributed by atoms with Gasteiger partial charge in [-0.25, -0.2) is 9.67 Å². The van der Waals surface area contributed by atoms with E-state index >= 15 is 0 Å². The van der Waals surface area contributed by atoms with Crippen LogP contribution >= 0.6 is 0 Å². The van der Waals surface area contributed by atoms with Gasteiger partial charge in [-0.2, -0.15) is 0 Å². The number of oxazole rings is 1. The van der Waals surface area contributed by atoms with Crippen molar-refractivity contribution in [2.75, 3.05) is 6.61 Å². The van der Waals surface area contributed by atoms with E-state index < -0.39 is 0 Å². The smallest absolute Gasteiger partial charge is 0.216 e. The number of rotatable bonds is 6. The molecule has 108 valence electrons. The molecule has 2 heterocycles. The summed E-state index contributed by atoms with van der Waals surface area (Å²) in [4.78, 5) is 4.26. The monoisotopic (exact) mass is 284 g/mol. The molecule has 0 saturated heterocycles. The van der Waals surface area contributed by atoms with E-state index in [2.05, 4.69) is 15.3 Å². The second-order valence-electron chi connectivity index (χ2n) is 4.72. The summed E-state index contributed by atoms with van der Waals surface area (Å²) in [6.07, 6.45) is 4.98. The largest absolute Gasteiger partial charge is 0.439 e. The highest BCUT2D eigenvalue weighted by Crippen LogP contribution is 2.19. The average Bonchev–Trinajstić information content (AvgIpc) is 3.16. The van der Waals surface area contributed by atoms with Crippen LogP contribution in [0.25, 0.3) is 11.3 Å². The molecule has 0 atom stereocenters. The van der Waals surface area contributed by atoms with Crippen LogP contribution in [-0.2, 0) is 13.0 Å². The van der Waals surface area contributed by atoms with Crippen molar-refractivity contribution in [1.82, 2.24) is 20.0 Å². The van der Waals surface area contributed by atoms with Gasteiger partial charge >= 0.3 is 0 Å². The minimum absolute atomic E-state index is 0.160. The number of aliphatic hydroxyl groups excluding tert-OH is 1. The Hall–Kier alpha value is -2.47. The summed E-state index contributed by atoms with van der Waals surface area (Å²) in [7, 11) is 0. The van der Waals surface area contributed by atoms with Gasteiger partial charge in [-0.05, 0) is 12.8 Å². The lowest BCUT2D eigenvalue weighted by Crippen LogP contribution is -2.00. The highest BCUT2D eigenvalue weighted by molar-refractivity contribution is 5.55. The minimum Gasteiger partial charge on any atom is -0.439 e. The highest BCUT2D eigenvalue weighted by atomic mass is 16.4. The van der Waals surface area contributed by atoms with Crippen LogP contribution in [0.2, 0.25) is 0 Å². The van der Waals surface area contributed by atoms with Crippen LogP contribution in [0.3, 0.4) is 0 Å². The lowest BCUT2D eigenvalue weighted by atomic mass is 10.2. The van der Waals surface area contributed by atoms with Gasteiger partial charge < -0.3 is 9.52 Å². The maximum absolute atomic E-state index is 8.80. The van der Waals surface area contributed by atoms with Crippen molar-refractivity contribution in [2.45, 2.75) is 19.4 Å². The number of aromatic nitrogens is 4. The molecule has 0 radical (unpaired) electrons.